The molecule has 2 aromatic carbocycles. The number of rotatable bonds is 4. The zero-order valence-electron chi connectivity index (χ0n) is 12.2. The number of fused-ring (bicyclic) bond motifs is 1. The molecule has 0 radical (unpaired) electrons. The first-order valence-corrected chi connectivity index (χ1v) is 7.40. The van der Waals surface area contributed by atoms with Gasteiger partial charge in [-0.15, -0.1) is 0 Å². The molecule has 1 heteroatoms. The third-order valence-corrected chi connectivity index (χ3v) is 4.82. The number of hydrogen-bond donors (Lipinski definition) is 1. The summed E-state index contributed by atoms with van der Waals surface area (Å²) in [6.45, 7) is 4.27. The van der Waals surface area contributed by atoms with Crippen molar-refractivity contribution in [1.82, 2.24) is 0 Å². The summed E-state index contributed by atoms with van der Waals surface area (Å²) in [6.07, 6.45) is 1.64. The molecule has 2 unspecified atom stereocenters. The van der Waals surface area contributed by atoms with Crippen molar-refractivity contribution in [3.05, 3.63) is 71.3 Å². The molecule has 0 saturated carbocycles. The molecule has 104 valence electrons. The molecular weight excluding hydrogens is 244 g/mol. The molecule has 0 fully saturated rings. The Morgan fingerprint density at radius 1 is 1.05 bits per heavy atom. The van der Waals surface area contributed by atoms with Crippen LogP contribution in [0.15, 0.2) is 54.6 Å². The molecule has 2 aromatic rings. The number of aliphatic hydroxyl groups is 1. The van der Waals surface area contributed by atoms with E-state index in [2.05, 4.69) is 50.2 Å². The fourth-order valence-corrected chi connectivity index (χ4v) is 3.20. The molecule has 0 amide bonds. The van der Waals surface area contributed by atoms with E-state index in [4.69, 9.17) is 0 Å². The van der Waals surface area contributed by atoms with Crippen molar-refractivity contribution in [2.75, 3.05) is 0 Å². The molecule has 0 heterocycles. The first kappa shape index (κ1) is 13.4. The van der Waals surface area contributed by atoms with E-state index in [0.717, 1.165) is 12.8 Å². The van der Waals surface area contributed by atoms with E-state index in [0.29, 0.717) is 5.92 Å². The molecule has 2 atom stereocenters. The Morgan fingerprint density at radius 3 is 2.40 bits per heavy atom. The minimum absolute atomic E-state index is 0.203. The highest BCUT2D eigenvalue weighted by Crippen LogP contribution is 2.41. The summed E-state index contributed by atoms with van der Waals surface area (Å²) in [6, 6.07) is 18.9. The highest BCUT2D eigenvalue weighted by molar-refractivity contribution is 5.40. The Bertz CT molecular complexity index is 586. The average molecular weight is 266 g/mol. The van der Waals surface area contributed by atoms with Crippen molar-refractivity contribution in [2.45, 2.75) is 44.1 Å². The smallest absolute Gasteiger partial charge is 0.0637 e. The van der Waals surface area contributed by atoms with Crippen LogP contribution >= 0.6 is 0 Å². The lowest BCUT2D eigenvalue weighted by Gasteiger charge is -2.37. The molecule has 0 aliphatic heterocycles. The van der Waals surface area contributed by atoms with Crippen LogP contribution < -0.4 is 0 Å². The van der Waals surface area contributed by atoms with Crippen LogP contribution in [0.25, 0.3) is 0 Å². The van der Waals surface area contributed by atoms with E-state index in [1.165, 1.54) is 16.7 Å². The van der Waals surface area contributed by atoms with Gasteiger partial charge in [-0.1, -0.05) is 68.4 Å². The first-order valence-electron chi connectivity index (χ1n) is 7.40. The largest absolute Gasteiger partial charge is 0.392 e. The van der Waals surface area contributed by atoms with Gasteiger partial charge in [-0.2, -0.15) is 0 Å². The average Bonchev–Trinajstić information content (AvgIpc) is 2.45. The molecule has 1 aliphatic rings. The van der Waals surface area contributed by atoms with Crippen molar-refractivity contribution < 1.29 is 5.11 Å². The van der Waals surface area contributed by atoms with Crippen LogP contribution in [0.4, 0.5) is 0 Å². The molecule has 0 aromatic heterocycles. The first-order chi connectivity index (χ1) is 9.59. The van der Waals surface area contributed by atoms with E-state index >= 15 is 0 Å². The maximum absolute atomic E-state index is 10.7. The second kappa shape index (κ2) is 5.06. The summed E-state index contributed by atoms with van der Waals surface area (Å²) in [5.41, 5.74) is 3.88. The van der Waals surface area contributed by atoms with Gasteiger partial charge in [0, 0.05) is 5.41 Å². The maximum atomic E-state index is 10.7. The molecule has 20 heavy (non-hydrogen) atoms. The second-order valence-corrected chi connectivity index (χ2v) is 6.44. The van der Waals surface area contributed by atoms with Crippen LogP contribution in [0.5, 0.6) is 0 Å². The summed E-state index contributed by atoms with van der Waals surface area (Å²) < 4.78 is 0. The van der Waals surface area contributed by atoms with Gasteiger partial charge in [-0.3, -0.25) is 0 Å². The predicted molar refractivity (Wildman–Crippen MR) is 83.0 cm³/mol. The van der Waals surface area contributed by atoms with E-state index in [-0.39, 0.29) is 11.5 Å². The minimum atomic E-state index is -0.316. The highest BCUT2D eigenvalue weighted by atomic mass is 16.3. The molecule has 0 bridgehead atoms. The van der Waals surface area contributed by atoms with Gasteiger partial charge < -0.3 is 5.11 Å². The van der Waals surface area contributed by atoms with Crippen LogP contribution in [-0.2, 0) is 11.8 Å². The van der Waals surface area contributed by atoms with Gasteiger partial charge in [0.25, 0.3) is 0 Å². The quantitative estimate of drug-likeness (QED) is 0.885. The van der Waals surface area contributed by atoms with Crippen LogP contribution in [-0.4, -0.2) is 11.2 Å². The molecule has 1 N–H and O–H groups in total. The number of aliphatic hydroxyl groups excluding tert-OH is 1. The summed E-state index contributed by atoms with van der Waals surface area (Å²) >= 11 is 0. The monoisotopic (exact) mass is 266 g/mol. The number of benzene rings is 2. The maximum Gasteiger partial charge on any atom is 0.0637 e. The minimum Gasteiger partial charge on any atom is -0.392 e. The topological polar surface area (TPSA) is 20.2 Å². The molecule has 3 rings (SSSR count). The van der Waals surface area contributed by atoms with Crippen molar-refractivity contribution in [3.63, 3.8) is 0 Å². The summed E-state index contributed by atoms with van der Waals surface area (Å²) in [7, 11) is 0. The standard InChI is InChI=1S/C19H22O/c1-19(2,16-9-4-3-5-10-16)18(20)13-15-12-14-8-6-7-11-17(14)15/h3-11,15,18,20H,12-13H2,1-2H3. The van der Waals surface area contributed by atoms with Crippen molar-refractivity contribution >= 4 is 0 Å². The van der Waals surface area contributed by atoms with Crippen molar-refractivity contribution in [1.29, 1.82) is 0 Å². The van der Waals surface area contributed by atoms with Gasteiger partial charge in [0.2, 0.25) is 0 Å². The number of hydrogen-bond acceptors (Lipinski definition) is 1. The van der Waals surface area contributed by atoms with E-state index < -0.39 is 0 Å². The van der Waals surface area contributed by atoms with Crippen molar-refractivity contribution in [3.8, 4) is 0 Å². The van der Waals surface area contributed by atoms with Crippen LogP contribution in [0, 0.1) is 0 Å². The Balaban J connectivity index is 1.73. The third-order valence-electron chi connectivity index (χ3n) is 4.82. The van der Waals surface area contributed by atoms with Crippen LogP contribution in [0.2, 0.25) is 0 Å². The molecular formula is C19H22O. The fourth-order valence-electron chi connectivity index (χ4n) is 3.20. The molecule has 1 nitrogen and oxygen atoms in total. The van der Waals surface area contributed by atoms with E-state index in [1.807, 2.05) is 18.2 Å². The normalized spacial score (nSPS) is 19.1. The third kappa shape index (κ3) is 2.27. The Labute approximate surface area is 121 Å². The van der Waals surface area contributed by atoms with E-state index in [1.54, 1.807) is 0 Å². The van der Waals surface area contributed by atoms with Gasteiger partial charge in [0.15, 0.2) is 0 Å². The van der Waals surface area contributed by atoms with Crippen molar-refractivity contribution in [2.24, 2.45) is 0 Å². The summed E-state index contributed by atoms with van der Waals surface area (Å²) in [5, 5.41) is 10.7. The highest BCUT2D eigenvalue weighted by Gasteiger charge is 2.35. The van der Waals surface area contributed by atoms with Crippen LogP contribution in [0.1, 0.15) is 42.9 Å². The van der Waals surface area contributed by atoms with Gasteiger partial charge in [-0.25, -0.2) is 0 Å². The van der Waals surface area contributed by atoms with Gasteiger partial charge in [0.05, 0.1) is 6.10 Å². The van der Waals surface area contributed by atoms with Gasteiger partial charge in [-0.05, 0) is 35.4 Å². The Morgan fingerprint density at radius 2 is 1.70 bits per heavy atom. The Hall–Kier alpha value is -1.60. The molecule has 1 aliphatic carbocycles. The fraction of sp³-hybridized carbons (Fsp3) is 0.368. The lowest BCUT2D eigenvalue weighted by atomic mass is 9.69. The van der Waals surface area contributed by atoms with E-state index in [9.17, 15) is 5.11 Å². The SMILES string of the molecule is CC(C)(c1ccccc1)C(O)CC1Cc2ccccc21. The zero-order chi connectivity index (χ0) is 14.2. The zero-order valence-corrected chi connectivity index (χ0v) is 12.2. The summed E-state index contributed by atoms with van der Waals surface area (Å²) in [4.78, 5) is 0. The molecule has 0 spiro atoms. The Kier molecular flexibility index (Phi) is 3.39. The van der Waals surface area contributed by atoms with Gasteiger partial charge in [0.1, 0.15) is 0 Å². The lowest BCUT2D eigenvalue weighted by molar-refractivity contribution is 0.0814. The molecule has 0 saturated heterocycles. The van der Waals surface area contributed by atoms with Gasteiger partial charge >= 0.3 is 0 Å². The second-order valence-electron chi connectivity index (χ2n) is 6.44. The summed E-state index contributed by atoms with van der Waals surface area (Å²) in [5.74, 6) is 0.518. The predicted octanol–water partition coefficient (Wildman–Crippen LogP) is 4.06. The lowest BCUT2D eigenvalue weighted by Crippen LogP contribution is -2.36. The van der Waals surface area contributed by atoms with Crippen LogP contribution in [0.3, 0.4) is 0 Å².